The molecule has 10 heteroatoms. The van der Waals surface area contributed by atoms with Crippen LogP contribution in [0.3, 0.4) is 0 Å². The molecule has 7 nitrogen and oxygen atoms in total. The molecule has 0 spiro atoms. The molecule has 1 heterocycles. The highest BCUT2D eigenvalue weighted by Gasteiger charge is 2.21. The number of anilines is 1. The molecule has 1 aliphatic heterocycles. The minimum absolute atomic E-state index is 0. The minimum Gasteiger partial charge on any atom is -0.366 e. The second-order valence-corrected chi connectivity index (χ2v) is 8.84. The Kier molecular flexibility index (Phi) is 9.51. The summed E-state index contributed by atoms with van der Waals surface area (Å²) in [5.41, 5.74) is 1.44. The molecule has 0 atom stereocenters. The van der Waals surface area contributed by atoms with Gasteiger partial charge in [0, 0.05) is 32.7 Å². The van der Waals surface area contributed by atoms with Gasteiger partial charge in [0.1, 0.15) is 5.82 Å². The summed E-state index contributed by atoms with van der Waals surface area (Å²) in [6, 6.07) is 13.6. The van der Waals surface area contributed by atoms with Crippen molar-refractivity contribution in [3.8, 4) is 0 Å². The van der Waals surface area contributed by atoms with Gasteiger partial charge in [-0.25, -0.2) is 22.5 Å². The van der Waals surface area contributed by atoms with Crippen LogP contribution in [0.15, 0.2) is 58.4 Å². The van der Waals surface area contributed by atoms with Crippen LogP contribution in [-0.2, 0) is 16.6 Å². The van der Waals surface area contributed by atoms with Gasteiger partial charge in [-0.05, 0) is 43.8 Å². The number of nitrogens with zero attached hydrogens (tertiary/aromatic N) is 3. The monoisotopic (exact) mass is 561 g/mol. The van der Waals surface area contributed by atoms with Gasteiger partial charge in [0.25, 0.3) is 0 Å². The highest BCUT2D eigenvalue weighted by atomic mass is 127. The number of benzene rings is 2. The summed E-state index contributed by atoms with van der Waals surface area (Å²) in [5, 5.41) is 3.30. The minimum atomic E-state index is -3.49. The van der Waals surface area contributed by atoms with Crippen molar-refractivity contribution in [1.82, 2.24) is 14.9 Å². The largest absolute Gasteiger partial charge is 0.366 e. The molecule has 0 saturated carbocycles. The molecule has 1 fully saturated rings. The molecule has 1 saturated heterocycles. The predicted molar refractivity (Wildman–Crippen MR) is 133 cm³/mol. The second-order valence-electron chi connectivity index (χ2n) is 6.95. The van der Waals surface area contributed by atoms with Gasteiger partial charge in [0.15, 0.2) is 5.96 Å². The smallest absolute Gasteiger partial charge is 0.240 e. The molecule has 170 valence electrons. The van der Waals surface area contributed by atoms with Crippen molar-refractivity contribution in [2.45, 2.75) is 18.4 Å². The lowest BCUT2D eigenvalue weighted by Gasteiger charge is -2.37. The van der Waals surface area contributed by atoms with Crippen molar-refractivity contribution in [2.24, 2.45) is 4.99 Å². The lowest BCUT2D eigenvalue weighted by Crippen LogP contribution is -2.52. The Hall–Kier alpha value is -1.92. The molecule has 0 amide bonds. The summed E-state index contributed by atoms with van der Waals surface area (Å²) < 4.78 is 40.4. The van der Waals surface area contributed by atoms with Gasteiger partial charge in [-0.3, -0.25) is 0 Å². The fraction of sp³-hybridized carbons (Fsp3) is 0.381. The molecule has 2 N–H and O–H groups in total. The van der Waals surface area contributed by atoms with E-state index >= 15 is 0 Å². The van der Waals surface area contributed by atoms with Crippen molar-refractivity contribution in [3.05, 3.63) is 59.9 Å². The Bertz CT molecular complexity index is 995. The molecule has 2 aromatic carbocycles. The van der Waals surface area contributed by atoms with Gasteiger partial charge < -0.3 is 15.1 Å². The standard InChI is InChI=1S/C21H28FN5O2S.HI/c1-3-24-21(25-16-17-7-6-8-18(15-17)30(28,29)23-2)27-13-11-26(12-14-27)20-10-5-4-9-19(20)22;/h4-10,15,23H,3,11-14,16H2,1-2H3,(H,24,25);1H. The van der Waals surface area contributed by atoms with Gasteiger partial charge in [0.2, 0.25) is 10.0 Å². The maximum absolute atomic E-state index is 14.1. The van der Waals surface area contributed by atoms with Gasteiger partial charge in [-0.1, -0.05) is 24.3 Å². The number of hydrogen-bond acceptors (Lipinski definition) is 4. The van der Waals surface area contributed by atoms with Crippen LogP contribution in [0.4, 0.5) is 10.1 Å². The maximum Gasteiger partial charge on any atom is 0.240 e. The number of hydrogen-bond donors (Lipinski definition) is 2. The number of nitrogens with one attached hydrogen (secondary N) is 2. The van der Waals surface area contributed by atoms with Crippen molar-refractivity contribution in [2.75, 3.05) is 44.7 Å². The molecule has 1 aliphatic rings. The number of guanidine groups is 1. The first-order chi connectivity index (χ1) is 14.4. The van der Waals surface area contributed by atoms with E-state index in [2.05, 4.69) is 14.9 Å². The second kappa shape index (κ2) is 11.6. The first kappa shape index (κ1) is 25.3. The van der Waals surface area contributed by atoms with Crippen molar-refractivity contribution in [3.63, 3.8) is 0 Å². The molecular formula is C21H29FIN5O2S. The van der Waals surface area contributed by atoms with Gasteiger partial charge >= 0.3 is 0 Å². The zero-order valence-corrected chi connectivity index (χ0v) is 20.9. The molecule has 0 bridgehead atoms. The Morgan fingerprint density at radius 3 is 2.45 bits per heavy atom. The molecule has 3 rings (SSSR count). The van der Waals surface area contributed by atoms with E-state index in [1.54, 1.807) is 30.3 Å². The van der Waals surface area contributed by atoms with Gasteiger partial charge in [0.05, 0.1) is 17.1 Å². The Balaban J connectivity index is 0.00000341. The van der Waals surface area contributed by atoms with Crippen LogP contribution < -0.4 is 14.9 Å². The first-order valence-electron chi connectivity index (χ1n) is 10.00. The summed E-state index contributed by atoms with van der Waals surface area (Å²) in [6.45, 7) is 5.92. The average Bonchev–Trinajstić information content (AvgIpc) is 2.77. The summed E-state index contributed by atoms with van der Waals surface area (Å²) in [6.07, 6.45) is 0. The number of piperazine rings is 1. The molecule has 31 heavy (non-hydrogen) atoms. The van der Waals surface area contributed by atoms with E-state index in [0.29, 0.717) is 38.4 Å². The third-order valence-electron chi connectivity index (χ3n) is 5.00. The number of aliphatic imine (C=N–C) groups is 1. The third kappa shape index (κ3) is 6.53. The summed E-state index contributed by atoms with van der Waals surface area (Å²) in [7, 11) is -2.09. The summed E-state index contributed by atoms with van der Waals surface area (Å²) >= 11 is 0. The average molecular weight is 561 g/mol. The number of rotatable bonds is 6. The molecular weight excluding hydrogens is 532 g/mol. The lowest BCUT2D eigenvalue weighted by atomic mass is 10.2. The fourth-order valence-electron chi connectivity index (χ4n) is 3.39. The lowest BCUT2D eigenvalue weighted by molar-refractivity contribution is 0.370. The molecule has 2 aromatic rings. The maximum atomic E-state index is 14.1. The molecule has 0 aromatic heterocycles. The van der Waals surface area contributed by atoms with E-state index in [1.165, 1.54) is 13.1 Å². The number of para-hydroxylation sites is 1. The highest BCUT2D eigenvalue weighted by molar-refractivity contribution is 14.0. The van der Waals surface area contributed by atoms with E-state index in [4.69, 9.17) is 4.99 Å². The Morgan fingerprint density at radius 2 is 1.81 bits per heavy atom. The predicted octanol–water partition coefficient (Wildman–Crippen LogP) is 2.64. The van der Waals surface area contributed by atoms with E-state index in [-0.39, 0.29) is 34.7 Å². The SMILES string of the molecule is CCNC(=NCc1cccc(S(=O)(=O)NC)c1)N1CCN(c2ccccc2F)CC1.I. The van der Waals surface area contributed by atoms with E-state index in [9.17, 15) is 12.8 Å². The zero-order valence-electron chi connectivity index (χ0n) is 17.7. The zero-order chi connectivity index (χ0) is 21.6. The normalized spacial score (nSPS) is 14.9. The van der Waals surface area contributed by atoms with E-state index < -0.39 is 10.0 Å². The highest BCUT2D eigenvalue weighted by Crippen LogP contribution is 2.20. The van der Waals surface area contributed by atoms with Gasteiger partial charge in [-0.2, -0.15) is 0 Å². The van der Waals surface area contributed by atoms with Crippen molar-refractivity contribution in [1.29, 1.82) is 0 Å². The summed E-state index contributed by atoms with van der Waals surface area (Å²) in [5.74, 6) is 0.565. The van der Waals surface area contributed by atoms with Crippen molar-refractivity contribution >= 4 is 45.6 Å². The van der Waals surface area contributed by atoms with Crippen LogP contribution in [-0.4, -0.2) is 59.0 Å². The quantitative estimate of drug-likeness (QED) is 0.322. The van der Waals surface area contributed by atoms with E-state index in [1.807, 2.05) is 24.0 Å². The first-order valence-corrected chi connectivity index (χ1v) is 11.5. The van der Waals surface area contributed by atoms with E-state index in [0.717, 1.165) is 18.1 Å². The topological polar surface area (TPSA) is 77.0 Å². The van der Waals surface area contributed by atoms with Crippen LogP contribution in [0.25, 0.3) is 0 Å². The molecule has 0 unspecified atom stereocenters. The van der Waals surface area contributed by atoms with Crippen LogP contribution in [0.2, 0.25) is 0 Å². The van der Waals surface area contributed by atoms with Crippen LogP contribution in [0.5, 0.6) is 0 Å². The van der Waals surface area contributed by atoms with Gasteiger partial charge in [-0.15, -0.1) is 24.0 Å². The molecule has 0 aliphatic carbocycles. The Morgan fingerprint density at radius 1 is 1.10 bits per heavy atom. The number of sulfonamides is 1. The fourth-order valence-corrected chi connectivity index (χ4v) is 4.19. The van der Waals surface area contributed by atoms with Crippen LogP contribution in [0, 0.1) is 5.82 Å². The van der Waals surface area contributed by atoms with Crippen molar-refractivity contribution < 1.29 is 12.8 Å². The Labute approximate surface area is 200 Å². The summed E-state index contributed by atoms with van der Waals surface area (Å²) in [4.78, 5) is 9.11. The van der Waals surface area contributed by atoms with Crippen LogP contribution in [0.1, 0.15) is 12.5 Å². The third-order valence-corrected chi connectivity index (χ3v) is 6.41. The number of halogens is 2. The van der Waals surface area contributed by atoms with Crippen LogP contribution >= 0.6 is 24.0 Å². The molecule has 0 radical (unpaired) electrons.